The average molecular weight is 294 g/mol. The Balaban J connectivity index is 1.87. The minimum atomic E-state index is -4.84. The van der Waals surface area contributed by atoms with Crippen LogP contribution in [0, 0.1) is 11.7 Å². The second-order valence-corrected chi connectivity index (χ2v) is 4.65. The zero-order valence-corrected chi connectivity index (χ0v) is 10.7. The molecule has 0 bridgehead atoms. The molecule has 1 aromatic rings. The van der Waals surface area contributed by atoms with Gasteiger partial charge in [0, 0.05) is 13.2 Å². The Morgan fingerprint density at radius 1 is 1.25 bits per heavy atom. The van der Waals surface area contributed by atoms with Gasteiger partial charge in [-0.2, -0.15) is 0 Å². The molecule has 0 spiro atoms. The lowest BCUT2D eigenvalue weighted by atomic mass is 9.83. The monoisotopic (exact) mass is 294 g/mol. The van der Waals surface area contributed by atoms with Crippen LogP contribution in [0.2, 0.25) is 0 Å². The van der Waals surface area contributed by atoms with Gasteiger partial charge in [0.25, 0.3) is 0 Å². The van der Waals surface area contributed by atoms with E-state index in [2.05, 4.69) is 4.74 Å². The molecule has 2 rings (SSSR count). The van der Waals surface area contributed by atoms with Crippen LogP contribution in [-0.4, -0.2) is 26.2 Å². The van der Waals surface area contributed by atoms with Gasteiger partial charge in [-0.3, -0.25) is 0 Å². The Labute approximate surface area is 113 Å². The SMILES string of the molecule is COC1CC(COc2ccc(OC(F)(F)F)cc2F)C1. The van der Waals surface area contributed by atoms with Gasteiger partial charge in [-0.25, -0.2) is 4.39 Å². The second-order valence-electron chi connectivity index (χ2n) is 4.65. The maximum Gasteiger partial charge on any atom is 0.573 e. The van der Waals surface area contributed by atoms with E-state index in [0.29, 0.717) is 12.7 Å². The molecule has 0 N–H and O–H groups in total. The molecular weight excluding hydrogens is 280 g/mol. The van der Waals surface area contributed by atoms with Gasteiger partial charge >= 0.3 is 6.36 Å². The van der Waals surface area contributed by atoms with E-state index in [1.165, 1.54) is 0 Å². The maximum atomic E-state index is 13.5. The van der Waals surface area contributed by atoms with Crippen LogP contribution in [0.4, 0.5) is 17.6 Å². The van der Waals surface area contributed by atoms with E-state index in [-0.39, 0.29) is 17.8 Å². The molecule has 1 aliphatic rings. The average Bonchev–Trinajstić information content (AvgIpc) is 2.27. The van der Waals surface area contributed by atoms with Crippen molar-refractivity contribution in [3.8, 4) is 11.5 Å². The molecule has 1 aromatic carbocycles. The first-order valence-electron chi connectivity index (χ1n) is 6.08. The van der Waals surface area contributed by atoms with E-state index in [1.807, 2.05) is 0 Å². The fourth-order valence-corrected chi connectivity index (χ4v) is 2.01. The molecule has 0 saturated heterocycles. The van der Waals surface area contributed by atoms with Crippen LogP contribution in [0.15, 0.2) is 18.2 Å². The zero-order valence-electron chi connectivity index (χ0n) is 10.7. The highest BCUT2D eigenvalue weighted by Gasteiger charge is 2.32. The van der Waals surface area contributed by atoms with Crippen LogP contribution in [0.1, 0.15) is 12.8 Å². The first-order valence-corrected chi connectivity index (χ1v) is 6.08. The number of rotatable bonds is 5. The van der Waals surface area contributed by atoms with E-state index in [4.69, 9.17) is 9.47 Å². The summed E-state index contributed by atoms with van der Waals surface area (Å²) in [6.07, 6.45) is -2.94. The van der Waals surface area contributed by atoms with Crippen molar-refractivity contribution in [3.05, 3.63) is 24.0 Å². The first kappa shape index (κ1) is 14.9. The van der Waals surface area contributed by atoms with Crippen LogP contribution in [-0.2, 0) is 4.74 Å². The summed E-state index contributed by atoms with van der Waals surface area (Å²) in [5, 5.41) is 0. The van der Waals surface area contributed by atoms with Gasteiger partial charge in [0.1, 0.15) is 5.75 Å². The number of benzene rings is 1. The first-order chi connectivity index (χ1) is 9.37. The summed E-state index contributed by atoms with van der Waals surface area (Å²) < 4.78 is 63.4. The van der Waals surface area contributed by atoms with Crippen molar-refractivity contribution >= 4 is 0 Å². The number of halogens is 4. The number of ether oxygens (including phenoxy) is 3. The fourth-order valence-electron chi connectivity index (χ4n) is 2.01. The number of hydrogen-bond donors (Lipinski definition) is 0. The molecule has 0 aromatic heterocycles. The quantitative estimate of drug-likeness (QED) is 0.778. The van der Waals surface area contributed by atoms with E-state index in [1.54, 1.807) is 7.11 Å². The minimum absolute atomic E-state index is 0.0830. The van der Waals surface area contributed by atoms with Crippen molar-refractivity contribution in [1.29, 1.82) is 0 Å². The summed E-state index contributed by atoms with van der Waals surface area (Å²) in [5.41, 5.74) is 0. The van der Waals surface area contributed by atoms with Crippen LogP contribution < -0.4 is 9.47 Å². The summed E-state index contributed by atoms with van der Waals surface area (Å²) in [6.45, 7) is 0.316. The summed E-state index contributed by atoms with van der Waals surface area (Å²) in [4.78, 5) is 0. The largest absolute Gasteiger partial charge is 0.573 e. The van der Waals surface area contributed by atoms with Crippen LogP contribution >= 0.6 is 0 Å². The molecule has 0 amide bonds. The van der Waals surface area contributed by atoms with Gasteiger partial charge in [-0.05, 0) is 30.9 Å². The van der Waals surface area contributed by atoms with Crippen molar-refractivity contribution in [2.24, 2.45) is 5.92 Å². The summed E-state index contributed by atoms with van der Waals surface area (Å²) >= 11 is 0. The maximum absolute atomic E-state index is 13.5. The predicted molar refractivity (Wildman–Crippen MR) is 62.1 cm³/mol. The molecule has 1 fully saturated rings. The summed E-state index contributed by atoms with van der Waals surface area (Å²) in [6, 6.07) is 2.80. The molecule has 0 aliphatic heterocycles. The number of methoxy groups -OCH3 is 1. The third kappa shape index (κ3) is 4.00. The van der Waals surface area contributed by atoms with Gasteiger partial charge in [0.05, 0.1) is 12.7 Å². The lowest BCUT2D eigenvalue weighted by molar-refractivity contribution is -0.274. The zero-order chi connectivity index (χ0) is 14.8. The standard InChI is InChI=1S/C13H14F4O3/c1-18-10-4-8(5-10)7-19-12-3-2-9(6-11(12)14)20-13(15,16)17/h2-3,6,8,10H,4-5,7H2,1H3. The molecular formula is C13H14F4O3. The fraction of sp³-hybridized carbons (Fsp3) is 0.538. The molecule has 1 aliphatic carbocycles. The van der Waals surface area contributed by atoms with Crippen molar-refractivity contribution in [1.82, 2.24) is 0 Å². The summed E-state index contributed by atoms with van der Waals surface area (Å²) in [7, 11) is 1.63. The van der Waals surface area contributed by atoms with Crippen molar-refractivity contribution < 1.29 is 31.8 Å². The smallest absolute Gasteiger partial charge is 0.490 e. The van der Waals surface area contributed by atoms with Crippen LogP contribution in [0.25, 0.3) is 0 Å². The molecule has 0 radical (unpaired) electrons. The Morgan fingerprint density at radius 3 is 2.50 bits per heavy atom. The molecule has 20 heavy (non-hydrogen) atoms. The van der Waals surface area contributed by atoms with Gasteiger partial charge in [-0.1, -0.05) is 0 Å². The van der Waals surface area contributed by atoms with Crippen molar-refractivity contribution in [2.75, 3.05) is 13.7 Å². The molecule has 0 heterocycles. The van der Waals surface area contributed by atoms with Gasteiger partial charge in [-0.15, -0.1) is 13.2 Å². The van der Waals surface area contributed by atoms with Crippen molar-refractivity contribution in [3.63, 3.8) is 0 Å². The third-order valence-electron chi connectivity index (χ3n) is 3.14. The van der Waals surface area contributed by atoms with Crippen LogP contribution in [0.3, 0.4) is 0 Å². The third-order valence-corrected chi connectivity index (χ3v) is 3.14. The molecule has 0 atom stereocenters. The lowest BCUT2D eigenvalue weighted by Gasteiger charge is -2.33. The van der Waals surface area contributed by atoms with E-state index >= 15 is 0 Å². The molecule has 1 saturated carbocycles. The number of hydrogen-bond acceptors (Lipinski definition) is 3. The topological polar surface area (TPSA) is 27.7 Å². The minimum Gasteiger partial charge on any atom is -0.490 e. The van der Waals surface area contributed by atoms with E-state index < -0.39 is 17.9 Å². The second kappa shape index (κ2) is 5.87. The Bertz CT molecular complexity index is 455. The van der Waals surface area contributed by atoms with Gasteiger partial charge in [0.15, 0.2) is 11.6 Å². The Morgan fingerprint density at radius 2 is 1.95 bits per heavy atom. The highest BCUT2D eigenvalue weighted by Crippen LogP contribution is 2.32. The Kier molecular flexibility index (Phi) is 4.37. The lowest BCUT2D eigenvalue weighted by Crippen LogP contribution is -2.34. The van der Waals surface area contributed by atoms with Gasteiger partial charge in [0.2, 0.25) is 0 Å². The van der Waals surface area contributed by atoms with E-state index in [9.17, 15) is 17.6 Å². The number of alkyl halides is 3. The highest BCUT2D eigenvalue weighted by atomic mass is 19.4. The highest BCUT2D eigenvalue weighted by molar-refractivity contribution is 5.33. The molecule has 3 nitrogen and oxygen atoms in total. The normalized spacial score (nSPS) is 22.2. The molecule has 0 unspecified atom stereocenters. The van der Waals surface area contributed by atoms with Crippen LogP contribution in [0.5, 0.6) is 11.5 Å². The van der Waals surface area contributed by atoms with E-state index in [0.717, 1.165) is 25.0 Å². The molecule has 7 heteroatoms. The van der Waals surface area contributed by atoms with Gasteiger partial charge < -0.3 is 14.2 Å². The van der Waals surface area contributed by atoms with Crippen molar-refractivity contribution in [2.45, 2.75) is 25.3 Å². The Hall–Kier alpha value is -1.50. The molecule has 112 valence electrons. The summed E-state index contributed by atoms with van der Waals surface area (Å²) in [5.74, 6) is -1.29. The predicted octanol–water partition coefficient (Wildman–Crippen LogP) is 3.53.